The maximum Gasteiger partial charge on any atom is 0.293 e. The number of methoxy groups -OCH3 is 1. The Hall–Kier alpha value is -4.42. The maximum atomic E-state index is 13.1. The molecule has 0 aliphatic carbocycles. The second kappa shape index (κ2) is 13.3. The third kappa shape index (κ3) is 6.98. The fourth-order valence-electron chi connectivity index (χ4n) is 5.31. The van der Waals surface area contributed by atoms with Crippen molar-refractivity contribution in [3.63, 3.8) is 0 Å². The van der Waals surface area contributed by atoms with Crippen LogP contribution in [-0.4, -0.2) is 73.1 Å². The molecule has 2 amide bonds. The first kappa shape index (κ1) is 30.1. The zero-order valence-electron chi connectivity index (χ0n) is 23.5. The third-order valence-corrected chi connectivity index (χ3v) is 8.00. The standard InChI is InChI=1S/C30H31ClN6O5S/c1-42-27-11-5-21(31)19-24(27)29(39)36-16-14-34(15-17-36)23-8-6-22(7-9-23)32-30(43)33-28(38)20-4-10-25(26(18-20)37(40)41)35-12-2-3-13-35/h4-11,18-19H,2-3,12-17H2,1H3,(H2,32,33,38,43). The number of carbonyl (C=O) groups excluding carboxylic acids is 2. The number of thiocarbonyl (C=S) groups is 1. The Balaban J connectivity index is 1.14. The fourth-order valence-corrected chi connectivity index (χ4v) is 5.70. The lowest BCUT2D eigenvalue weighted by molar-refractivity contribution is -0.384. The Morgan fingerprint density at radius 1 is 0.930 bits per heavy atom. The molecular formula is C30H31ClN6O5S. The molecule has 0 radical (unpaired) electrons. The van der Waals surface area contributed by atoms with E-state index in [2.05, 4.69) is 15.5 Å². The molecule has 2 aliphatic rings. The van der Waals surface area contributed by atoms with Crippen molar-refractivity contribution in [3.8, 4) is 5.75 Å². The van der Waals surface area contributed by atoms with Gasteiger partial charge in [-0.15, -0.1) is 0 Å². The van der Waals surface area contributed by atoms with Gasteiger partial charge in [-0.1, -0.05) is 11.6 Å². The third-order valence-electron chi connectivity index (χ3n) is 7.56. The largest absolute Gasteiger partial charge is 0.496 e. The molecule has 2 fully saturated rings. The molecule has 2 aliphatic heterocycles. The molecule has 224 valence electrons. The van der Waals surface area contributed by atoms with E-state index in [0.29, 0.717) is 53.9 Å². The van der Waals surface area contributed by atoms with E-state index >= 15 is 0 Å². The van der Waals surface area contributed by atoms with E-state index in [-0.39, 0.29) is 22.3 Å². The highest BCUT2D eigenvalue weighted by molar-refractivity contribution is 7.80. The number of nitrogens with one attached hydrogen (secondary N) is 2. The smallest absolute Gasteiger partial charge is 0.293 e. The minimum Gasteiger partial charge on any atom is -0.496 e. The van der Waals surface area contributed by atoms with Crippen molar-refractivity contribution >= 4 is 63.5 Å². The number of nitro benzene ring substituents is 1. The summed E-state index contributed by atoms with van der Waals surface area (Å²) >= 11 is 11.4. The van der Waals surface area contributed by atoms with Crippen LogP contribution in [0.15, 0.2) is 60.7 Å². The molecule has 11 nitrogen and oxygen atoms in total. The molecule has 43 heavy (non-hydrogen) atoms. The summed E-state index contributed by atoms with van der Waals surface area (Å²) in [5.74, 6) is -0.162. The minimum atomic E-state index is -0.534. The number of amides is 2. The predicted octanol–water partition coefficient (Wildman–Crippen LogP) is 4.95. The van der Waals surface area contributed by atoms with E-state index in [9.17, 15) is 19.7 Å². The van der Waals surface area contributed by atoms with E-state index in [1.165, 1.54) is 13.2 Å². The molecule has 2 heterocycles. The van der Waals surface area contributed by atoms with Crippen LogP contribution in [0.25, 0.3) is 0 Å². The van der Waals surface area contributed by atoms with Gasteiger partial charge in [0.15, 0.2) is 5.11 Å². The highest BCUT2D eigenvalue weighted by atomic mass is 35.5. The van der Waals surface area contributed by atoms with Crippen molar-refractivity contribution in [2.75, 3.05) is 61.5 Å². The highest BCUT2D eigenvalue weighted by Crippen LogP contribution is 2.32. The zero-order chi connectivity index (χ0) is 30.5. The molecule has 0 atom stereocenters. The zero-order valence-corrected chi connectivity index (χ0v) is 25.1. The van der Waals surface area contributed by atoms with Gasteiger partial charge in [-0.3, -0.25) is 25.0 Å². The number of halogens is 1. The lowest BCUT2D eigenvalue weighted by Gasteiger charge is -2.36. The summed E-state index contributed by atoms with van der Waals surface area (Å²) < 4.78 is 5.34. The van der Waals surface area contributed by atoms with E-state index in [0.717, 1.165) is 31.6 Å². The Kier molecular flexibility index (Phi) is 9.27. The van der Waals surface area contributed by atoms with Gasteiger partial charge in [0.25, 0.3) is 17.5 Å². The number of rotatable bonds is 7. The second-order valence-electron chi connectivity index (χ2n) is 10.2. The fraction of sp³-hybridized carbons (Fsp3) is 0.300. The van der Waals surface area contributed by atoms with Gasteiger partial charge < -0.3 is 24.8 Å². The van der Waals surface area contributed by atoms with Crippen molar-refractivity contribution in [2.24, 2.45) is 0 Å². The molecule has 0 saturated carbocycles. The summed E-state index contributed by atoms with van der Waals surface area (Å²) in [6.45, 7) is 3.91. The molecule has 3 aromatic rings. The summed E-state index contributed by atoms with van der Waals surface area (Å²) in [7, 11) is 1.53. The normalized spacial score (nSPS) is 14.8. The number of ether oxygens (including phenoxy) is 1. The molecule has 0 unspecified atom stereocenters. The van der Waals surface area contributed by atoms with Crippen LogP contribution in [0.2, 0.25) is 5.02 Å². The first-order valence-corrected chi connectivity index (χ1v) is 14.7. The summed E-state index contributed by atoms with van der Waals surface area (Å²) in [6.07, 6.45) is 1.97. The van der Waals surface area contributed by atoms with Gasteiger partial charge in [0.05, 0.1) is 17.6 Å². The average molecular weight is 623 g/mol. The number of anilines is 3. The summed E-state index contributed by atoms with van der Waals surface area (Å²) in [5.41, 5.74) is 2.68. The number of nitro groups is 1. The van der Waals surface area contributed by atoms with Crippen molar-refractivity contribution in [1.29, 1.82) is 0 Å². The molecule has 5 rings (SSSR count). The molecule has 3 aromatic carbocycles. The van der Waals surface area contributed by atoms with Gasteiger partial charge in [-0.05, 0) is 79.7 Å². The SMILES string of the molecule is COc1ccc(Cl)cc1C(=O)N1CCN(c2ccc(NC(=S)NC(=O)c3ccc(N4CCCC4)c([N+](=O)[O-])c3)cc2)CC1. The topological polar surface area (TPSA) is 120 Å². The van der Waals surface area contributed by atoms with Gasteiger partial charge in [0, 0.05) is 67.3 Å². The number of nitrogens with zero attached hydrogens (tertiary/aromatic N) is 4. The quantitative estimate of drug-likeness (QED) is 0.214. The Bertz CT molecular complexity index is 1540. The molecule has 0 spiro atoms. The predicted molar refractivity (Wildman–Crippen MR) is 171 cm³/mol. The molecule has 13 heteroatoms. The molecule has 2 N–H and O–H groups in total. The highest BCUT2D eigenvalue weighted by Gasteiger charge is 2.26. The first-order chi connectivity index (χ1) is 20.7. The maximum absolute atomic E-state index is 13.1. The molecule has 0 bridgehead atoms. The Morgan fingerprint density at radius 3 is 2.28 bits per heavy atom. The van der Waals surface area contributed by atoms with Gasteiger partial charge in [0.1, 0.15) is 11.4 Å². The first-order valence-electron chi connectivity index (χ1n) is 13.9. The van der Waals surface area contributed by atoms with Crippen LogP contribution >= 0.6 is 23.8 Å². The molecule has 0 aromatic heterocycles. The Labute approximate surface area is 259 Å². The number of benzene rings is 3. The monoisotopic (exact) mass is 622 g/mol. The van der Waals surface area contributed by atoms with E-state index < -0.39 is 10.8 Å². The molecule has 2 saturated heterocycles. The second-order valence-corrected chi connectivity index (χ2v) is 11.1. The number of hydrogen-bond donors (Lipinski definition) is 2. The van der Waals surface area contributed by atoms with E-state index in [1.807, 2.05) is 29.2 Å². The van der Waals surface area contributed by atoms with Gasteiger partial charge in [0.2, 0.25) is 0 Å². The van der Waals surface area contributed by atoms with Crippen molar-refractivity contribution in [3.05, 3.63) is 86.9 Å². The van der Waals surface area contributed by atoms with Crippen LogP contribution in [-0.2, 0) is 0 Å². The van der Waals surface area contributed by atoms with Crippen molar-refractivity contribution < 1.29 is 19.2 Å². The summed E-state index contributed by atoms with van der Waals surface area (Å²) in [6, 6.07) is 17.1. The lowest BCUT2D eigenvalue weighted by Crippen LogP contribution is -2.48. The van der Waals surface area contributed by atoms with Crippen molar-refractivity contribution in [2.45, 2.75) is 12.8 Å². The number of carbonyl (C=O) groups is 2. The summed E-state index contributed by atoms with van der Waals surface area (Å²) in [4.78, 5) is 43.1. The average Bonchev–Trinajstić information content (AvgIpc) is 3.56. The summed E-state index contributed by atoms with van der Waals surface area (Å²) in [5, 5.41) is 17.8. The van der Waals surface area contributed by atoms with Gasteiger partial charge in [-0.25, -0.2) is 0 Å². The van der Waals surface area contributed by atoms with Crippen LogP contribution < -0.4 is 25.2 Å². The lowest BCUT2D eigenvalue weighted by atomic mass is 10.1. The number of piperazine rings is 1. The van der Waals surface area contributed by atoms with Crippen LogP contribution in [0.4, 0.5) is 22.7 Å². The van der Waals surface area contributed by atoms with E-state index in [4.69, 9.17) is 28.6 Å². The molecular weight excluding hydrogens is 592 g/mol. The van der Waals surface area contributed by atoms with Crippen LogP contribution in [0, 0.1) is 10.1 Å². The Morgan fingerprint density at radius 2 is 1.63 bits per heavy atom. The van der Waals surface area contributed by atoms with Gasteiger partial charge >= 0.3 is 0 Å². The number of hydrogen-bond acceptors (Lipinski definition) is 8. The van der Waals surface area contributed by atoms with E-state index in [1.54, 1.807) is 35.2 Å². The minimum absolute atomic E-state index is 0.0765. The van der Waals surface area contributed by atoms with Crippen LogP contribution in [0.1, 0.15) is 33.6 Å². The van der Waals surface area contributed by atoms with Crippen LogP contribution in [0.3, 0.4) is 0 Å². The van der Waals surface area contributed by atoms with Crippen molar-refractivity contribution in [1.82, 2.24) is 10.2 Å². The van der Waals surface area contributed by atoms with Gasteiger partial charge in [-0.2, -0.15) is 0 Å². The van der Waals surface area contributed by atoms with Crippen LogP contribution in [0.5, 0.6) is 5.75 Å².